The van der Waals surface area contributed by atoms with Gasteiger partial charge in [-0.1, -0.05) is 31.2 Å². The Kier molecular flexibility index (Phi) is 6.92. The van der Waals surface area contributed by atoms with Gasteiger partial charge in [-0.3, -0.25) is 9.59 Å². The molecule has 0 radical (unpaired) electrons. The van der Waals surface area contributed by atoms with Crippen LogP contribution in [0.25, 0.3) is 16.7 Å². The van der Waals surface area contributed by atoms with Crippen LogP contribution in [0.4, 0.5) is 0 Å². The van der Waals surface area contributed by atoms with Crippen molar-refractivity contribution in [2.75, 3.05) is 20.8 Å². The average molecular weight is 511 g/mol. The van der Waals surface area contributed by atoms with Gasteiger partial charge in [0.2, 0.25) is 0 Å². The molecule has 0 bridgehead atoms. The van der Waals surface area contributed by atoms with Crippen LogP contribution in [0.2, 0.25) is 0 Å². The highest BCUT2D eigenvalue weighted by atomic mass is 16.5. The fourth-order valence-corrected chi connectivity index (χ4v) is 5.03. The monoisotopic (exact) mass is 510 g/mol. The summed E-state index contributed by atoms with van der Waals surface area (Å²) in [6.45, 7) is 2.37. The molecule has 7 heteroatoms. The average Bonchev–Trinajstić information content (AvgIpc) is 3.48. The van der Waals surface area contributed by atoms with Crippen LogP contribution in [-0.4, -0.2) is 47.4 Å². The lowest BCUT2D eigenvalue weighted by atomic mass is 9.94. The number of carbonyl (C=O) groups is 2. The minimum Gasteiger partial charge on any atom is -0.507 e. The van der Waals surface area contributed by atoms with Crippen LogP contribution in [0, 0.1) is 0 Å². The molecule has 1 fully saturated rings. The second kappa shape index (κ2) is 10.5. The van der Waals surface area contributed by atoms with Crippen molar-refractivity contribution in [3.05, 3.63) is 101 Å². The lowest BCUT2D eigenvalue weighted by Gasteiger charge is -2.25. The molecule has 1 aliphatic rings. The number of aliphatic hydroxyl groups excluding tert-OH is 1. The number of rotatable bonds is 8. The van der Waals surface area contributed by atoms with E-state index in [1.54, 1.807) is 43.4 Å². The highest BCUT2D eigenvalue weighted by Gasteiger charge is 2.45. The van der Waals surface area contributed by atoms with Gasteiger partial charge in [-0.05, 0) is 72.0 Å². The molecule has 0 spiro atoms. The van der Waals surface area contributed by atoms with Gasteiger partial charge in [0.15, 0.2) is 0 Å². The van der Waals surface area contributed by atoms with E-state index in [9.17, 15) is 14.7 Å². The summed E-state index contributed by atoms with van der Waals surface area (Å²) >= 11 is 0. The maximum Gasteiger partial charge on any atom is 0.295 e. The number of benzene rings is 3. The molecular weight excluding hydrogens is 480 g/mol. The SMILES string of the molecule is CCc1ccc([C@H]2C(=C(O)c3ccc(OC)cc3)C(=O)C(=O)N2CCc2c[nH]c3ccc(OC)cc23)cc1. The van der Waals surface area contributed by atoms with E-state index in [0.29, 0.717) is 24.3 Å². The van der Waals surface area contributed by atoms with E-state index >= 15 is 0 Å². The number of nitrogens with zero attached hydrogens (tertiary/aromatic N) is 1. The molecule has 3 aromatic carbocycles. The molecule has 1 atom stereocenters. The minimum atomic E-state index is -0.706. The molecule has 1 saturated heterocycles. The number of aliphatic hydroxyl groups is 1. The predicted molar refractivity (Wildman–Crippen MR) is 146 cm³/mol. The molecule has 2 heterocycles. The van der Waals surface area contributed by atoms with Gasteiger partial charge in [0.05, 0.1) is 25.8 Å². The zero-order chi connectivity index (χ0) is 26.8. The second-order valence-electron chi connectivity index (χ2n) is 9.29. The normalized spacial score (nSPS) is 16.8. The number of nitrogens with one attached hydrogen (secondary N) is 1. The predicted octanol–water partition coefficient (Wildman–Crippen LogP) is 5.41. The Morgan fingerprint density at radius 1 is 0.947 bits per heavy atom. The summed E-state index contributed by atoms with van der Waals surface area (Å²) in [7, 11) is 3.18. The largest absolute Gasteiger partial charge is 0.507 e. The zero-order valence-corrected chi connectivity index (χ0v) is 21.7. The molecule has 0 unspecified atom stereocenters. The molecule has 194 valence electrons. The number of likely N-dealkylation sites (tertiary alicyclic amines) is 1. The maximum absolute atomic E-state index is 13.4. The molecule has 2 N–H and O–H groups in total. The molecule has 0 saturated carbocycles. The summed E-state index contributed by atoms with van der Waals surface area (Å²) in [5.74, 6) is -0.140. The molecule has 1 amide bonds. The minimum absolute atomic E-state index is 0.0880. The lowest BCUT2D eigenvalue weighted by molar-refractivity contribution is -0.139. The summed E-state index contributed by atoms with van der Waals surface area (Å²) in [5, 5.41) is 12.3. The number of ether oxygens (including phenoxy) is 2. The Balaban J connectivity index is 1.54. The van der Waals surface area contributed by atoms with E-state index in [1.165, 1.54) is 0 Å². The van der Waals surface area contributed by atoms with Gasteiger partial charge in [0.25, 0.3) is 11.7 Å². The number of methoxy groups -OCH3 is 2. The van der Waals surface area contributed by atoms with Gasteiger partial charge in [-0.15, -0.1) is 0 Å². The van der Waals surface area contributed by atoms with Crippen LogP contribution in [0.5, 0.6) is 11.5 Å². The third-order valence-corrected chi connectivity index (χ3v) is 7.20. The first kappa shape index (κ1) is 25.1. The first-order valence-electron chi connectivity index (χ1n) is 12.6. The molecular formula is C31H30N2O5. The molecule has 1 aliphatic heterocycles. The first-order valence-corrected chi connectivity index (χ1v) is 12.6. The van der Waals surface area contributed by atoms with Crippen molar-refractivity contribution in [3.8, 4) is 11.5 Å². The van der Waals surface area contributed by atoms with Crippen LogP contribution in [0.15, 0.2) is 78.5 Å². The van der Waals surface area contributed by atoms with Crippen LogP contribution in [0.3, 0.4) is 0 Å². The Morgan fingerprint density at radius 3 is 2.29 bits per heavy atom. The number of Topliss-reactive ketones (excluding diaryl/α,β-unsaturated/α-hetero) is 1. The number of amides is 1. The number of fused-ring (bicyclic) bond motifs is 1. The zero-order valence-electron chi connectivity index (χ0n) is 21.7. The Labute approximate surface area is 221 Å². The number of H-pyrrole nitrogens is 1. The molecule has 38 heavy (non-hydrogen) atoms. The number of hydrogen-bond donors (Lipinski definition) is 2. The second-order valence-corrected chi connectivity index (χ2v) is 9.29. The van der Waals surface area contributed by atoms with Gasteiger partial charge >= 0.3 is 0 Å². The van der Waals surface area contributed by atoms with Crippen LogP contribution in [0.1, 0.15) is 35.2 Å². The smallest absolute Gasteiger partial charge is 0.295 e. The van der Waals surface area contributed by atoms with E-state index in [1.807, 2.05) is 48.7 Å². The summed E-state index contributed by atoms with van der Waals surface area (Å²) in [4.78, 5) is 31.6. The van der Waals surface area contributed by atoms with Crippen molar-refractivity contribution < 1.29 is 24.2 Å². The number of hydrogen-bond acceptors (Lipinski definition) is 5. The van der Waals surface area contributed by atoms with Crippen LogP contribution in [-0.2, 0) is 22.4 Å². The van der Waals surface area contributed by atoms with E-state index in [0.717, 1.165) is 39.8 Å². The summed E-state index contributed by atoms with van der Waals surface area (Å²) in [6.07, 6.45) is 3.31. The Bertz CT molecular complexity index is 1520. The third kappa shape index (κ3) is 4.52. The highest BCUT2D eigenvalue weighted by molar-refractivity contribution is 6.46. The first-order chi connectivity index (χ1) is 18.4. The summed E-state index contributed by atoms with van der Waals surface area (Å²) < 4.78 is 10.6. The van der Waals surface area contributed by atoms with E-state index in [-0.39, 0.29) is 11.3 Å². The van der Waals surface area contributed by atoms with Gasteiger partial charge in [0, 0.05) is 29.2 Å². The molecule has 0 aliphatic carbocycles. The van der Waals surface area contributed by atoms with Gasteiger partial charge in [0.1, 0.15) is 17.3 Å². The number of aromatic nitrogens is 1. The number of aromatic amines is 1. The fourth-order valence-electron chi connectivity index (χ4n) is 5.03. The van der Waals surface area contributed by atoms with Crippen LogP contribution >= 0.6 is 0 Å². The van der Waals surface area contributed by atoms with Crippen molar-refractivity contribution in [1.82, 2.24) is 9.88 Å². The lowest BCUT2D eigenvalue weighted by Crippen LogP contribution is -2.31. The van der Waals surface area contributed by atoms with Crippen LogP contribution < -0.4 is 9.47 Å². The number of aryl methyl sites for hydroxylation is 1. The van der Waals surface area contributed by atoms with Crippen molar-refractivity contribution in [1.29, 1.82) is 0 Å². The van der Waals surface area contributed by atoms with Crippen molar-refractivity contribution in [3.63, 3.8) is 0 Å². The number of ketones is 1. The molecule has 1 aromatic heterocycles. The summed E-state index contributed by atoms with van der Waals surface area (Å²) in [5.41, 5.74) is 4.43. The molecule has 7 nitrogen and oxygen atoms in total. The standard InChI is InChI=1S/C31H30N2O5/c1-4-19-5-7-20(8-6-19)28-27(29(34)21-9-11-23(37-2)12-10-21)30(35)31(36)33(28)16-15-22-18-32-26-14-13-24(38-3)17-25(22)26/h5-14,17-18,28,32,34H,4,15-16H2,1-3H3/t28-/m0/s1. The van der Waals surface area contributed by atoms with Gasteiger partial charge in [-0.25, -0.2) is 0 Å². The number of carbonyl (C=O) groups excluding carboxylic acids is 2. The quantitative estimate of drug-likeness (QED) is 0.188. The van der Waals surface area contributed by atoms with Crippen molar-refractivity contribution >= 4 is 28.4 Å². The van der Waals surface area contributed by atoms with E-state index in [4.69, 9.17) is 9.47 Å². The van der Waals surface area contributed by atoms with Crippen molar-refractivity contribution in [2.24, 2.45) is 0 Å². The van der Waals surface area contributed by atoms with Gasteiger partial charge in [-0.2, -0.15) is 0 Å². The van der Waals surface area contributed by atoms with Gasteiger partial charge < -0.3 is 24.5 Å². The fraction of sp³-hybridized carbons (Fsp3) is 0.226. The van der Waals surface area contributed by atoms with E-state index < -0.39 is 17.7 Å². The highest BCUT2D eigenvalue weighted by Crippen LogP contribution is 2.40. The molecule has 4 aromatic rings. The van der Waals surface area contributed by atoms with Crippen molar-refractivity contribution in [2.45, 2.75) is 25.8 Å². The topological polar surface area (TPSA) is 91.9 Å². The summed E-state index contributed by atoms with van der Waals surface area (Å²) in [6, 6.07) is 19.7. The maximum atomic E-state index is 13.4. The van der Waals surface area contributed by atoms with E-state index in [2.05, 4.69) is 11.9 Å². The Hall–Kier alpha value is -4.52. The Morgan fingerprint density at radius 2 is 1.63 bits per heavy atom. The third-order valence-electron chi connectivity index (χ3n) is 7.20. The molecule has 5 rings (SSSR count).